The van der Waals surface area contributed by atoms with Crippen molar-refractivity contribution >= 4 is 46.2 Å². The molecule has 0 spiro atoms. The number of amides is 1. The molecule has 6 heterocycles. The van der Waals surface area contributed by atoms with Crippen molar-refractivity contribution in [2.45, 2.75) is 225 Å². The Hall–Kier alpha value is -6.37. The van der Waals surface area contributed by atoms with E-state index in [-0.39, 0.29) is 98.1 Å². The van der Waals surface area contributed by atoms with Gasteiger partial charge in [0.25, 0.3) is 17.2 Å². The number of ketones is 3. The first-order valence-electron chi connectivity index (χ1n) is 33.9. The summed E-state index contributed by atoms with van der Waals surface area (Å²) in [6, 6.07) is 3.91. The minimum absolute atomic E-state index is 0.0393. The van der Waals surface area contributed by atoms with Crippen molar-refractivity contribution in [2.24, 2.45) is 35.5 Å². The number of aromatic nitrogens is 4. The molecule has 22 heteroatoms. The lowest BCUT2D eigenvalue weighted by molar-refractivity contribution is -0.266. The molecule has 3 aromatic rings. The van der Waals surface area contributed by atoms with E-state index in [9.17, 15) is 44.1 Å². The van der Waals surface area contributed by atoms with Crippen LogP contribution in [0.15, 0.2) is 76.8 Å². The molecule has 1 unspecified atom stereocenters. The van der Waals surface area contributed by atoms with Crippen molar-refractivity contribution in [3.05, 3.63) is 88.0 Å². The number of methoxy groups -OCH3 is 3. The van der Waals surface area contributed by atoms with Crippen LogP contribution in [0.25, 0.3) is 22.2 Å². The first kappa shape index (κ1) is 73.4. The predicted molar refractivity (Wildman–Crippen MR) is 354 cm³/mol. The summed E-state index contributed by atoms with van der Waals surface area (Å²) in [5.74, 6) is -8.07. The molecule has 1 amide bonds. The highest BCUT2D eigenvalue weighted by atomic mass is 16.6. The van der Waals surface area contributed by atoms with Crippen LogP contribution in [0.5, 0.6) is 5.88 Å². The van der Waals surface area contributed by atoms with E-state index >= 15 is 0 Å². The standard InChI is InChI=1S/C72H102N6O16/c1-41-17-13-12-14-18-42(2)59(92-32-31-91-52-26-23-51(24-27-52)78-67-54(48(8)75-71(73)76-67)38-55(68(78)84)50-22-29-62(89-10)74-40-50)37-53-25-20-47(7)72(87,94-53)66(83)69(85)77-30-16-15-19-56(77)70(86)93-60(44(4)35-49-21-28-57(79)61(36-49)88-9)39-58(80)43(3)34-46(6)64(82)65(90-11)63(81)45(5)33-41/h12-14,17-18,22,29,34,38,40-41,43-45,47,49,51-53,56-57,59-61,64-65,79,82,87H,15-16,19-21,23-28,30-33,35-37,39H2,1-11H3,(H2,73,75,76)/b14-12+,17-13+,42-18-,46-34+/t41-,43-,44?,45-,47-,49-,51-,52-,53+,56+,57-,59-,60+,61-,64-,65+,72-/m1/s1. The zero-order valence-electron chi connectivity index (χ0n) is 56.9. The summed E-state index contributed by atoms with van der Waals surface area (Å²) in [7, 11) is 4.47. The second-order valence-electron chi connectivity index (χ2n) is 27.3. The van der Waals surface area contributed by atoms with Gasteiger partial charge in [0.1, 0.15) is 35.8 Å². The van der Waals surface area contributed by atoms with Crippen LogP contribution in [0.2, 0.25) is 0 Å². The van der Waals surface area contributed by atoms with Gasteiger partial charge in [-0.15, -0.1) is 0 Å². The average Bonchev–Trinajstić information content (AvgIpc) is 0.760. The van der Waals surface area contributed by atoms with E-state index in [4.69, 9.17) is 38.9 Å². The molecule has 2 saturated heterocycles. The molecule has 5 N–H and O–H groups in total. The molecule has 0 aromatic carbocycles. The van der Waals surface area contributed by atoms with Crippen molar-refractivity contribution in [1.82, 2.24) is 24.4 Å². The maximum absolute atomic E-state index is 14.7. The van der Waals surface area contributed by atoms with E-state index in [1.54, 1.807) is 62.9 Å². The molecule has 516 valence electrons. The van der Waals surface area contributed by atoms with Gasteiger partial charge in [0, 0.05) is 86.2 Å². The zero-order chi connectivity index (χ0) is 68.1. The van der Waals surface area contributed by atoms with Gasteiger partial charge in [-0.2, -0.15) is 4.98 Å². The number of carbonyl (C=O) groups is 5. The summed E-state index contributed by atoms with van der Waals surface area (Å²) in [5.41, 5.74) is 9.34. The number of allylic oxidation sites excluding steroid dienone is 6. The first-order valence-corrected chi connectivity index (χ1v) is 33.9. The number of rotatable bonds is 13. The van der Waals surface area contributed by atoms with E-state index in [0.717, 1.165) is 5.57 Å². The fourth-order valence-corrected chi connectivity index (χ4v) is 14.5. The van der Waals surface area contributed by atoms with Gasteiger partial charge in [0.15, 0.2) is 5.78 Å². The molecule has 2 aliphatic carbocycles. The predicted octanol–water partition coefficient (Wildman–Crippen LogP) is 8.82. The highest BCUT2D eigenvalue weighted by molar-refractivity contribution is 6.39. The molecular weight excluding hydrogens is 1200 g/mol. The Balaban J connectivity index is 1.01. The molecule has 15 atom stereocenters. The summed E-state index contributed by atoms with van der Waals surface area (Å²) in [4.78, 5) is 101. The number of aliphatic hydroxyl groups is 3. The second kappa shape index (κ2) is 33.5. The van der Waals surface area contributed by atoms with Gasteiger partial charge in [-0.1, -0.05) is 71.1 Å². The van der Waals surface area contributed by atoms with Gasteiger partial charge in [-0.05, 0) is 152 Å². The third-order valence-corrected chi connectivity index (χ3v) is 20.3. The van der Waals surface area contributed by atoms with E-state index in [1.165, 1.54) is 19.1 Å². The molecule has 8 rings (SSSR count). The van der Waals surface area contributed by atoms with Crippen molar-refractivity contribution in [2.75, 3.05) is 46.8 Å². The van der Waals surface area contributed by atoms with Crippen molar-refractivity contribution < 1.29 is 72.5 Å². The molecule has 2 bridgehead atoms. The number of hydrogen-bond acceptors (Lipinski definition) is 20. The number of aliphatic hydroxyl groups excluding tert-OH is 2. The Kier molecular flexibility index (Phi) is 26.2. The third-order valence-electron chi connectivity index (χ3n) is 20.3. The van der Waals surface area contributed by atoms with Crippen LogP contribution in [0, 0.1) is 42.4 Å². The summed E-state index contributed by atoms with van der Waals surface area (Å²) < 4.78 is 44.2. The number of ether oxygens (including phenoxy) is 7. The average molecular weight is 1310 g/mol. The lowest BCUT2D eigenvalue weighted by atomic mass is 9.78. The Labute approximate surface area is 553 Å². The number of nitrogens with zero attached hydrogens (tertiary/aromatic N) is 5. The normalized spacial score (nSPS) is 34.1. The molecule has 2 saturated carbocycles. The van der Waals surface area contributed by atoms with Gasteiger partial charge in [-0.3, -0.25) is 28.5 Å². The quantitative estimate of drug-likeness (QED) is 0.0537. The van der Waals surface area contributed by atoms with Gasteiger partial charge >= 0.3 is 5.97 Å². The lowest BCUT2D eigenvalue weighted by Gasteiger charge is -2.43. The molecule has 94 heavy (non-hydrogen) atoms. The third kappa shape index (κ3) is 18.0. The molecule has 0 radical (unpaired) electrons. The van der Waals surface area contributed by atoms with Gasteiger partial charge in [0.2, 0.25) is 17.6 Å². The number of nitrogen functional groups attached to an aromatic ring is 1. The highest BCUT2D eigenvalue weighted by Gasteiger charge is 2.53. The van der Waals surface area contributed by atoms with Crippen LogP contribution in [0.1, 0.15) is 163 Å². The minimum atomic E-state index is -2.54. The van der Waals surface area contributed by atoms with Crippen LogP contribution >= 0.6 is 0 Å². The van der Waals surface area contributed by atoms with E-state index in [2.05, 4.69) is 15.0 Å². The Morgan fingerprint density at radius 2 is 1.56 bits per heavy atom. The van der Waals surface area contributed by atoms with E-state index in [1.807, 2.05) is 65.0 Å². The van der Waals surface area contributed by atoms with E-state index < -0.39 is 83.9 Å². The van der Waals surface area contributed by atoms with Gasteiger partial charge in [0.05, 0.1) is 56.5 Å². The first-order chi connectivity index (χ1) is 44.8. The number of nitrogens with two attached hydrogens (primary N) is 1. The summed E-state index contributed by atoms with van der Waals surface area (Å²) in [5, 5.41) is 35.4. The van der Waals surface area contributed by atoms with Gasteiger partial charge in [-0.25, -0.2) is 14.8 Å². The number of aryl methyl sites for hydroxylation is 1. The Morgan fingerprint density at radius 3 is 2.27 bits per heavy atom. The fourth-order valence-electron chi connectivity index (χ4n) is 14.5. The van der Waals surface area contributed by atoms with Crippen molar-refractivity contribution in [3.63, 3.8) is 0 Å². The van der Waals surface area contributed by atoms with Crippen LogP contribution in [0.3, 0.4) is 0 Å². The highest BCUT2D eigenvalue weighted by Crippen LogP contribution is 2.39. The smallest absolute Gasteiger partial charge is 0.329 e. The second-order valence-corrected chi connectivity index (χ2v) is 27.3. The molecule has 4 fully saturated rings. The zero-order valence-corrected chi connectivity index (χ0v) is 56.9. The van der Waals surface area contributed by atoms with Crippen LogP contribution < -0.4 is 16.0 Å². The lowest BCUT2D eigenvalue weighted by Crippen LogP contribution is -2.61. The number of hydrogen-bond donors (Lipinski definition) is 4. The molecule has 3 aromatic heterocycles. The molecule has 3 aliphatic heterocycles. The van der Waals surface area contributed by atoms with Crippen molar-refractivity contribution in [3.8, 4) is 17.0 Å². The largest absolute Gasteiger partial charge is 0.481 e. The number of esters is 1. The number of Topliss-reactive ketones (excluding diaryl/α,β-unsaturated/α-hetero) is 3. The molecule has 5 aliphatic rings. The monoisotopic (exact) mass is 1310 g/mol. The number of carbonyl (C=O) groups excluding carboxylic acids is 5. The number of pyridine rings is 2. The maximum Gasteiger partial charge on any atom is 0.329 e. The number of cyclic esters (lactones) is 1. The Morgan fingerprint density at radius 1 is 0.819 bits per heavy atom. The summed E-state index contributed by atoms with van der Waals surface area (Å²) >= 11 is 0. The molecule has 22 nitrogen and oxygen atoms in total. The fraction of sp³-hybridized carbons (Fsp3) is 0.653. The summed E-state index contributed by atoms with van der Waals surface area (Å²) in [6.45, 7) is 14.9. The number of anilines is 1. The molecular formula is C72H102N6O16. The Bertz CT molecular complexity index is 3300. The van der Waals surface area contributed by atoms with Crippen LogP contribution in [-0.2, 0) is 52.4 Å². The number of piperidine rings is 1. The summed E-state index contributed by atoms with van der Waals surface area (Å²) in [6.07, 6.45) is 14.1. The minimum Gasteiger partial charge on any atom is -0.481 e. The van der Waals surface area contributed by atoms with Crippen molar-refractivity contribution in [1.29, 1.82) is 0 Å². The van der Waals surface area contributed by atoms with Crippen LogP contribution in [0.4, 0.5) is 5.95 Å². The maximum atomic E-state index is 14.7. The topological polar surface area (TPSA) is 301 Å². The SMILES string of the molecule is COc1ccc(-c2cc3c(C)nc(N)nc3n([C@H]3CC[C@H](OCCO[C@@H]4C[C@@H]5CC[C@@H](C)[C@@](O)(O5)C(=O)C(=O)N5CCCC[C@H]5C(=O)O[C@H](C(C)C[C@H]5CC[C@@H](O)[C@H](OC)C5)CC(=O)[C@H](C)/C=C(\C)[C@@H](O)[C@@H](OC)C(=O)[C@H](C)C[C@H](C)/C=C/C=C/C=C\4C)CC3)c2=O)cn1. The van der Waals surface area contributed by atoms with Gasteiger partial charge < -0.3 is 59.1 Å². The number of fused-ring (bicyclic) bond motifs is 4. The van der Waals surface area contributed by atoms with Crippen LogP contribution in [-0.4, -0.2) is 171 Å². The van der Waals surface area contributed by atoms with E-state index in [0.29, 0.717) is 123 Å².